The van der Waals surface area contributed by atoms with Gasteiger partial charge in [-0.25, -0.2) is 4.79 Å². The summed E-state index contributed by atoms with van der Waals surface area (Å²) in [5.41, 5.74) is 1.59. The van der Waals surface area contributed by atoms with Gasteiger partial charge in [0.2, 0.25) is 0 Å². The third kappa shape index (κ3) is 2.84. The Morgan fingerprint density at radius 1 is 1.43 bits per heavy atom. The monoisotopic (exact) mass is 214 g/mol. The highest BCUT2D eigenvalue weighted by Crippen LogP contribution is 2.00. The topological polar surface area (TPSA) is 34.9 Å². The fourth-order valence-electron chi connectivity index (χ4n) is 1.41. The predicted molar refractivity (Wildman–Crippen MR) is 57.9 cm³/mol. The lowest BCUT2D eigenvalue weighted by Gasteiger charge is -2.08. The van der Waals surface area contributed by atoms with Crippen LogP contribution in [-0.4, -0.2) is 15.4 Å². The Balaban J connectivity index is 2.81. The Bertz CT molecular complexity index is 360. The van der Waals surface area contributed by atoms with Gasteiger partial charge in [-0.05, 0) is 32.8 Å². The van der Waals surface area contributed by atoms with Gasteiger partial charge in [0.05, 0.1) is 0 Å². The first-order valence-corrected chi connectivity index (χ1v) is 5.29. The molecule has 0 radical (unpaired) electrons. The van der Waals surface area contributed by atoms with Crippen LogP contribution in [0.2, 0.25) is 0 Å². The highest BCUT2D eigenvalue weighted by atomic mass is 35.5. The summed E-state index contributed by atoms with van der Waals surface area (Å²) in [7, 11) is 0. The van der Waals surface area contributed by atoms with Gasteiger partial charge in [0.1, 0.15) is 0 Å². The molecule has 0 aliphatic heterocycles. The molecule has 78 valence electrons. The normalized spacial score (nSPS) is 10.5. The first kappa shape index (κ1) is 11.2. The number of hydrogen-bond acceptors (Lipinski definition) is 2. The number of rotatable bonds is 4. The Kier molecular flexibility index (Phi) is 4.14. The van der Waals surface area contributed by atoms with E-state index in [1.807, 2.05) is 19.9 Å². The summed E-state index contributed by atoms with van der Waals surface area (Å²) in [4.78, 5) is 15.4. The van der Waals surface area contributed by atoms with E-state index in [1.54, 1.807) is 4.57 Å². The number of unbranched alkanes of at least 4 members (excludes halogenated alkanes) is 1. The molecular weight excluding hydrogens is 200 g/mol. The summed E-state index contributed by atoms with van der Waals surface area (Å²) in [6.45, 7) is 4.47. The molecule has 0 saturated carbocycles. The lowest BCUT2D eigenvalue weighted by Crippen LogP contribution is -2.25. The van der Waals surface area contributed by atoms with Crippen LogP contribution in [0.25, 0.3) is 0 Å². The van der Waals surface area contributed by atoms with Gasteiger partial charge in [0.25, 0.3) is 0 Å². The van der Waals surface area contributed by atoms with Crippen molar-refractivity contribution in [2.75, 3.05) is 5.88 Å². The van der Waals surface area contributed by atoms with Crippen molar-refractivity contribution < 1.29 is 0 Å². The van der Waals surface area contributed by atoms with Crippen molar-refractivity contribution in [3.63, 3.8) is 0 Å². The van der Waals surface area contributed by atoms with E-state index in [-0.39, 0.29) is 5.69 Å². The molecule has 0 amide bonds. The Morgan fingerprint density at radius 2 is 2.14 bits per heavy atom. The zero-order valence-electron chi connectivity index (χ0n) is 8.59. The summed E-state index contributed by atoms with van der Waals surface area (Å²) >= 11 is 5.57. The molecule has 0 spiro atoms. The van der Waals surface area contributed by atoms with E-state index in [2.05, 4.69) is 4.98 Å². The fourth-order valence-corrected chi connectivity index (χ4v) is 1.60. The number of hydrogen-bond donors (Lipinski definition) is 0. The largest absolute Gasteiger partial charge is 0.347 e. The molecule has 0 atom stereocenters. The Morgan fingerprint density at radius 3 is 2.71 bits per heavy atom. The van der Waals surface area contributed by atoms with Crippen molar-refractivity contribution in [3.05, 3.63) is 27.9 Å². The Hall–Kier alpha value is -0.830. The zero-order valence-corrected chi connectivity index (χ0v) is 9.34. The molecule has 4 heteroatoms. The number of halogens is 1. The minimum Gasteiger partial charge on any atom is -0.297 e. The maximum atomic E-state index is 11.5. The zero-order chi connectivity index (χ0) is 10.6. The second kappa shape index (κ2) is 5.15. The summed E-state index contributed by atoms with van der Waals surface area (Å²) in [6, 6.07) is 1.92. The molecule has 1 aromatic heterocycles. The second-order valence-electron chi connectivity index (χ2n) is 3.37. The smallest absolute Gasteiger partial charge is 0.297 e. The molecule has 0 aliphatic carbocycles. The number of aromatic nitrogens is 2. The lowest BCUT2D eigenvalue weighted by molar-refractivity contribution is 0.584. The molecule has 0 aromatic carbocycles. The molecule has 0 unspecified atom stereocenters. The van der Waals surface area contributed by atoms with Gasteiger partial charge in [-0.2, -0.15) is 4.98 Å². The highest BCUT2D eigenvalue weighted by molar-refractivity contribution is 6.17. The van der Waals surface area contributed by atoms with Crippen LogP contribution in [0.1, 0.15) is 24.2 Å². The average Bonchev–Trinajstić information content (AvgIpc) is 2.09. The van der Waals surface area contributed by atoms with E-state index in [0.717, 1.165) is 24.2 Å². The maximum absolute atomic E-state index is 11.5. The number of nitrogens with zero attached hydrogens (tertiary/aromatic N) is 2. The van der Waals surface area contributed by atoms with Crippen molar-refractivity contribution in [2.45, 2.75) is 33.2 Å². The molecule has 3 nitrogen and oxygen atoms in total. The molecule has 1 heterocycles. The molecule has 14 heavy (non-hydrogen) atoms. The van der Waals surface area contributed by atoms with Crippen molar-refractivity contribution >= 4 is 11.6 Å². The lowest BCUT2D eigenvalue weighted by atomic mass is 10.3. The van der Waals surface area contributed by atoms with Crippen LogP contribution in [0, 0.1) is 13.8 Å². The van der Waals surface area contributed by atoms with Crippen LogP contribution in [0.4, 0.5) is 0 Å². The summed E-state index contributed by atoms with van der Waals surface area (Å²) < 4.78 is 1.69. The molecule has 0 N–H and O–H groups in total. The van der Waals surface area contributed by atoms with Crippen molar-refractivity contribution in [3.8, 4) is 0 Å². The fraction of sp³-hybridized carbons (Fsp3) is 0.600. The van der Waals surface area contributed by atoms with Crippen LogP contribution in [-0.2, 0) is 6.54 Å². The van der Waals surface area contributed by atoms with Gasteiger partial charge in [0.15, 0.2) is 0 Å². The molecule has 0 fully saturated rings. The Labute approximate surface area is 88.7 Å². The van der Waals surface area contributed by atoms with Crippen LogP contribution >= 0.6 is 11.6 Å². The van der Waals surface area contributed by atoms with Crippen molar-refractivity contribution in [1.82, 2.24) is 9.55 Å². The minimum atomic E-state index is -0.155. The van der Waals surface area contributed by atoms with Gasteiger partial charge in [-0.3, -0.25) is 4.57 Å². The number of aryl methyl sites for hydroxylation is 2. The summed E-state index contributed by atoms with van der Waals surface area (Å²) in [5.74, 6) is 0.646. The standard InChI is InChI=1S/C10H15ClN2O/c1-8-7-9(2)13(10(14)12-8)6-4-3-5-11/h7H,3-6H2,1-2H3. The van der Waals surface area contributed by atoms with Crippen molar-refractivity contribution in [2.24, 2.45) is 0 Å². The first-order chi connectivity index (χ1) is 6.65. The van der Waals surface area contributed by atoms with E-state index in [4.69, 9.17) is 11.6 Å². The van der Waals surface area contributed by atoms with E-state index in [1.165, 1.54) is 0 Å². The van der Waals surface area contributed by atoms with E-state index in [0.29, 0.717) is 12.4 Å². The van der Waals surface area contributed by atoms with Gasteiger partial charge in [0, 0.05) is 23.8 Å². The van der Waals surface area contributed by atoms with E-state index >= 15 is 0 Å². The summed E-state index contributed by atoms with van der Waals surface area (Å²) in [6.07, 6.45) is 1.86. The molecule has 1 aromatic rings. The SMILES string of the molecule is Cc1cc(C)n(CCCCCl)c(=O)n1. The number of alkyl halides is 1. The minimum absolute atomic E-state index is 0.155. The molecule has 0 saturated heterocycles. The van der Waals surface area contributed by atoms with Crippen LogP contribution in [0.15, 0.2) is 10.9 Å². The van der Waals surface area contributed by atoms with E-state index in [9.17, 15) is 4.79 Å². The van der Waals surface area contributed by atoms with Crippen LogP contribution in [0.3, 0.4) is 0 Å². The average molecular weight is 215 g/mol. The van der Waals surface area contributed by atoms with E-state index < -0.39 is 0 Å². The molecule has 0 aliphatic rings. The van der Waals surface area contributed by atoms with Gasteiger partial charge < -0.3 is 0 Å². The highest BCUT2D eigenvalue weighted by Gasteiger charge is 2.01. The quantitative estimate of drug-likeness (QED) is 0.567. The summed E-state index contributed by atoms with van der Waals surface area (Å²) in [5, 5.41) is 0. The first-order valence-electron chi connectivity index (χ1n) is 4.76. The van der Waals surface area contributed by atoms with Gasteiger partial charge in [-0.15, -0.1) is 11.6 Å². The maximum Gasteiger partial charge on any atom is 0.347 e. The predicted octanol–water partition coefficient (Wildman–Crippen LogP) is 1.88. The second-order valence-corrected chi connectivity index (χ2v) is 3.75. The van der Waals surface area contributed by atoms with Gasteiger partial charge in [-0.1, -0.05) is 0 Å². The molecule has 0 bridgehead atoms. The van der Waals surface area contributed by atoms with Crippen LogP contribution in [0.5, 0.6) is 0 Å². The van der Waals surface area contributed by atoms with Crippen LogP contribution < -0.4 is 5.69 Å². The van der Waals surface area contributed by atoms with Crippen molar-refractivity contribution in [1.29, 1.82) is 0 Å². The molecular formula is C10H15ClN2O. The molecule has 1 rings (SSSR count). The third-order valence-electron chi connectivity index (χ3n) is 2.11. The third-order valence-corrected chi connectivity index (χ3v) is 2.38. The van der Waals surface area contributed by atoms with Gasteiger partial charge >= 0.3 is 5.69 Å².